The standard InChI is InChI=1S/C24H37NO3/c1-15-17(14-25)12-20-23(2,3)8-7-9-24(20,4)21(15)22(26)16-10-18(27-5)13-19(11-16)28-6/h10-11,13,15,17,20-21H,7-9,12,14,25H2,1-6H3/t15-,17-,20?,21-,24+/m1/s1. The van der Waals surface area contributed by atoms with Gasteiger partial charge in [-0.05, 0) is 66.5 Å². The molecule has 0 spiro atoms. The Labute approximate surface area is 170 Å². The van der Waals surface area contributed by atoms with Gasteiger partial charge in [-0.1, -0.05) is 34.1 Å². The number of hydrogen-bond acceptors (Lipinski definition) is 4. The molecule has 2 fully saturated rings. The van der Waals surface area contributed by atoms with Gasteiger partial charge in [-0.25, -0.2) is 0 Å². The monoisotopic (exact) mass is 387 g/mol. The Balaban J connectivity index is 2.07. The van der Waals surface area contributed by atoms with Gasteiger partial charge in [-0.2, -0.15) is 0 Å². The second kappa shape index (κ2) is 7.70. The summed E-state index contributed by atoms with van der Waals surface area (Å²) in [6.07, 6.45) is 4.66. The van der Waals surface area contributed by atoms with Crippen molar-refractivity contribution in [3.05, 3.63) is 23.8 Å². The molecule has 2 saturated carbocycles. The molecule has 0 radical (unpaired) electrons. The lowest BCUT2D eigenvalue weighted by Crippen LogP contribution is -2.56. The molecule has 0 aliphatic heterocycles. The number of carbonyl (C=O) groups excluding carboxylic acids is 1. The van der Waals surface area contributed by atoms with E-state index in [1.807, 2.05) is 18.2 Å². The van der Waals surface area contributed by atoms with Gasteiger partial charge in [0.2, 0.25) is 0 Å². The van der Waals surface area contributed by atoms with Crippen LogP contribution in [0.2, 0.25) is 0 Å². The summed E-state index contributed by atoms with van der Waals surface area (Å²) in [5.74, 6) is 2.67. The van der Waals surface area contributed by atoms with Crippen molar-refractivity contribution < 1.29 is 14.3 Å². The first kappa shape index (κ1) is 21.2. The van der Waals surface area contributed by atoms with E-state index in [0.29, 0.717) is 35.4 Å². The molecule has 1 unspecified atom stereocenters. The van der Waals surface area contributed by atoms with Crippen molar-refractivity contribution >= 4 is 5.78 Å². The van der Waals surface area contributed by atoms with Gasteiger partial charge < -0.3 is 15.2 Å². The van der Waals surface area contributed by atoms with Crippen LogP contribution in [-0.2, 0) is 0 Å². The molecule has 1 aromatic carbocycles. The molecule has 0 saturated heterocycles. The highest BCUT2D eigenvalue weighted by molar-refractivity contribution is 5.99. The van der Waals surface area contributed by atoms with E-state index in [9.17, 15) is 4.79 Å². The fourth-order valence-electron chi connectivity index (χ4n) is 6.50. The highest BCUT2D eigenvalue weighted by Crippen LogP contribution is 2.62. The zero-order chi connectivity index (χ0) is 20.7. The fraction of sp³-hybridized carbons (Fsp3) is 0.708. The first-order valence-electron chi connectivity index (χ1n) is 10.6. The average molecular weight is 388 g/mol. The normalized spacial score (nSPS) is 34.4. The number of Topliss-reactive ketones (excluding diaryl/α,β-unsaturated/α-hetero) is 1. The van der Waals surface area contributed by atoms with Crippen molar-refractivity contribution in [3.8, 4) is 11.5 Å². The first-order chi connectivity index (χ1) is 13.2. The number of ether oxygens (including phenoxy) is 2. The summed E-state index contributed by atoms with van der Waals surface area (Å²) in [7, 11) is 3.25. The molecule has 4 nitrogen and oxygen atoms in total. The molecule has 156 valence electrons. The maximum Gasteiger partial charge on any atom is 0.167 e. The third-order valence-corrected chi connectivity index (χ3v) is 8.02. The van der Waals surface area contributed by atoms with E-state index in [1.165, 1.54) is 12.8 Å². The maximum absolute atomic E-state index is 13.9. The molecular formula is C24H37NO3. The number of nitrogens with two attached hydrogens (primary N) is 1. The third kappa shape index (κ3) is 3.45. The minimum atomic E-state index is -0.0313. The van der Waals surface area contributed by atoms with Gasteiger partial charge in [-0.3, -0.25) is 4.79 Å². The number of hydrogen-bond donors (Lipinski definition) is 1. The maximum atomic E-state index is 13.9. The number of ketones is 1. The minimum Gasteiger partial charge on any atom is -0.497 e. The molecule has 28 heavy (non-hydrogen) atoms. The highest BCUT2D eigenvalue weighted by Gasteiger charge is 2.58. The van der Waals surface area contributed by atoms with Gasteiger partial charge in [0.15, 0.2) is 5.78 Å². The number of rotatable bonds is 5. The predicted molar refractivity (Wildman–Crippen MR) is 113 cm³/mol. The van der Waals surface area contributed by atoms with Crippen molar-refractivity contribution in [1.82, 2.24) is 0 Å². The Morgan fingerprint density at radius 3 is 2.25 bits per heavy atom. The Hall–Kier alpha value is -1.55. The third-order valence-electron chi connectivity index (χ3n) is 8.02. The topological polar surface area (TPSA) is 61.5 Å². The second-order valence-corrected chi connectivity index (χ2v) is 9.93. The van der Waals surface area contributed by atoms with Crippen molar-refractivity contribution in [2.24, 2.45) is 40.2 Å². The zero-order valence-electron chi connectivity index (χ0n) is 18.4. The largest absolute Gasteiger partial charge is 0.497 e. The van der Waals surface area contributed by atoms with E-state index in [4.69, 9.17) is 15.2 Å². The van der Waals surface area contributed by atoms with Crippen LogP contribution >= 0.6 is 0 Å². The minimum absolute atomic E-state index is 0.000230. The Morgan fingerprint density at radius 2 is 1.71 bits per heavy atom. The van der Waals surface area contributed by atoms with Gasteiger partial charge in [-0.15, -0.1) is 0 Å². The van der Waals surface area contributed by atoms with E-state index >= 15 is 0 Å². The van der Waals surface area contributed by atoms with Crippen LogP contribution in [0.5, 0.6) is 11.5 Å². The number of benzene rings is 1. The summed E-state index contributed by atoms with van der Waals surface area (Å²) in [4.78, 5) is 13.9. The highest BCUT2D eigenvalue weighted by atomic mass is 16.5. The van der Waals surface area contributed by atoms with Crippen LogP contribution in [0.4, 0.5) is 0 Å². The molecule has 3 rings (SSSR count). The van der Waals surface area contributed by atoms with E-state index in [-0.39, 0.29) is 28.4 Å². The summed E-state index contributed by atoms with van der Waals surface area (Å²) < 4.78 is 10.8. The molecule has 0 bridgehead atoms. The average Bonchev–Trinajstić information content (AvgIpc) is 2.66. The van der Waals surface area contributed by atoms with Crippen LogP contribution < -0.4 is 15.2 Å². The van der Waals surface area contributed by atoms with Crippen LogP contribution in [0.15, 0.2) is 18.2 Å². The van der Waals surface area contributed by atoms with Crippen LogP contribution in [0.25, 0.3) is 0 Å². The molecule has 2 aliphatic carbocycles. The van der Waals surface area contributed by atoms with Gasteiger partial charge >= 0.3 is 0 Å². The van der Waals surface area contributed by atoms with Crippen LogP contribution in [-0.4, -0.2) is 26.5 Å². The first-order valence-corrected chi connectivity index (χ1v) is 10.6. The molecular weight excluding hydrogens is 350 g/mol. The summed E-state index contributed by atoms with van der Waals surface area (Å²) in [6.45, 7) is 10.0. The Morgan fingerprint density at radius 1 is 1.11 bits per heavy atom. The van der Waals surface area contributed by atoms with Crippen LogP contribution in [0, 0.1) is 34.5 Å². The molecule has 2 aliphatic rings. The van der Waals surface area contributed by atoms with E-state index < -0.39 is 0 Å². The molecule has 2 N–H and O–H groups in total. The van der Waals surface area contributed by atoms with Gasteiger partial charge in [0, 0.05) is 17.5 Å². The Bertz CT molecular complexity index is 706. The molecule has 0 aromatic heterocycles. The molecule has 0 amide bonds. The summed E-state index contributed by atoms with van der Waals surface area (Å²) >= 11 is 0. The van der Waals surface area contributed by atoms with E-state index in [0.717, 1.165) is 12.8 Å². The van der Waals surface area contributed by atoms with Crippen molar-refractivity contribution in [3.63, 3.8) is 0 Å². The van der Waals surface area contributed by atoms with E-state index in [1.54, 1.807) is 14.2 Å². The van der Waals surface area contributed by atoms with Crippen molar-refractivity contribution in [1.29, 1.82) is 0 Å². The van der Waals surface area contributed by atoms with Crippen LogP contribution in [0.3, 0.4) is 0 Å². The quantitative estimate of drug-likeness (QED) is 0.726. The van der Waals surface area contributed by atoms with E-state index in [2.05, 4.69) is 27.7 Å². The zero-order valence-corrected chi connectivity index (χ0v) is 18.4. The smallest absolute Gasteiger partial charge is 0.167 e. The molecule has 0 heterocycles. The predicted octanol–water partition coefficient (Wildman–Crippen LogP) is 4.95. The lowest BCUT2D eigenvalue weighted by atomic mass is 9.44. The lowest BCUT2D eigenvalue weighted by molar-refractivity contribution is -0.0998. The number of carbonyl (C=O) groups is 1. The van der Waals surface area contributed by atoms with Crippen molar-refractivity contribution in [2.45, 2.75) is 53.4 Å². The summed E-state index contributed by atoms with van der Waals surface area (Å²) in [6, 6.07) is 5.53. The number of fused-ring (bicyclic) bond motifs is 1. The molecule has 4 heteroatoms. The lowest BCUT2D eigenvalue weighted by Gasteiger charge is -2.60. The van der Waals surface area contributed by atoms with Crippen LogP contribution in [0.1, 0.15) is 63.7 Å². The van der Waals surface area contributed by atoms with Crippen molar-refractivity contribution in [2.75, 3.05) is 20.8 Å². The summed E-state index contributed by atoms with van der Waals surface area (Å²) in [5.41, 5.74) is 7.12. The summed E-state index contributed by atoms with van der Waals surface area (Å²) in [5, 5.41) is 0. The number of methoxy groups -OCH3 is 2. The molecule has 5 atom stereocenters. The molecule has 1 aromatic rings. The van der Waals surface area contributed by atoms with Gasteiger partial charge in [0.25, 0.3) is 0 Å². The fourth-order valence-corrected chi connectivity index (χ4v) is 6.50. The van der Waals surface area contributed by atoms with Gasteiger partial charge in [0.1, 0.15) is 11.5 Å². The van der Waals surface area contributed by atoms with Gasteiger partial charge in [0.05, 0.1) is 14.2 Å². The second-order valence-electron chi connectivity index (χ2n) is 9.93. The SMILES string of the molecule is COc1cc(OC)cc(C(=O)[C@H]2[C@H](C)[C@@H](CN)CC3C(C)(C)CCC[C@@]32C)c1. The Kier molecular flexibility index (Phi) is 5.82.